The molecular weight excluding hydrogens is 370 g/mol. The summed E-state index contributed by atoms with van der Waals surface area (Å²) in [6, 6.07) is 5.99. The van der Waals surface area contributed by atoms with Crippen molar-refractivity contribution in [1.29, 1.82) is 0 Å². The first-order valence-corrected chi connectivity index (χ1v) is 10.6. The zero-order valence-corrected chi connectivity index (χ0v) is 16.4. The van der Waals surface area contributed by atoms with E-state index in [1.165, 1.54) is 37.8 Å². The minimum Gasteiger partial charge on any atom is -0.273 e. The predicted octanol–water partition coefficient (Wildman–Crippen LogP) is 4.06. The third kappa shape index (κ3) is 2.76. The molecule has 0 radical (unpaired) electrons. The van der Waals surface area contributed by atoms with Gasteiger partial charge < -0.3 is 0 Å². The quantitative estimate of drug-likeness (QED) is 0.564. The number of hydrogen-bond donors (Lipinski definition) is 0. The van der Waals surface area contributed by atoms with Crippen molar-refractivity contribution in [1.82, 2.24) is 14.8 Å². The second-order valence-electron chi connectivity index (χ2n) is 8.57. The Hall–Kier alpha value is -2.77. The summed E-state index contributed by atoms with van der Waals surface area (Å²) < 4.78 is 2.04. The van der Waals surface area contributed by atoms with E-state index in [2.05, 4.69) is 10.1 Å². The molecule has 2 aliphatic carbocycles. The van der Waals surface area contributed by atoms with Gasteiger partial charge in [-0.15, -0.1) is 0 Å². The Morgan fingerprint density at radius 1 is 1.07 bits per heavy atom. The van der Waals surface area contributed by atoms with Gasteiger partial charge in [-0.1, -0.05) is 32.1 Å². The molecule has 1 amide bonds. The molecule has 8 heteroatoms. The van der Waals surface area contributed by atoms with Gasteiger partial charge in [0, 0.05) is 29.7 Å². The fourth-order valence-electron chi connectivity index (χ4n) is 5.92. The summed E-state index contributed by atoms with van der Waals surface area (Å²) >= 11 is 0. The van der Waals surface area contributed by atoms with E-state index >= 15 is 0 Å². The van der Waals surface area contributed by atoms with Crippen LogP contribution >= 0.6 is 0 Å². The van der Waals surface area contributed by atoms with Crippen molar-refractivity contribution in [3.8, 4) is 0 Å². The lowest BCUT2D eigenvalue weighted by atomic mass is 9.64. The molecular formula is C21H25N5O3. The zero-order chi connectivity index (χ0) is 20.0. The van der Waals surface area contributed by atoms with E-state index in [0.717, 1.165) is 32.1 Å². The molecule has 0 bridgehead atoms. The molecule has 2 aromatic rings. The van der Waals surface area contributed by atoms with Crippen LogP contribution in [0.4, 0.5) is 11.6 Å². The van der Waals surface area contributed by atoms with Crippen molar-refractivity contribution < 1.29 is 9.72 Å². The third-order valence-electron chi connectivity index (χ3n) is 7.18. The summed E-state index contributed by atoms with van der Waals surface area (Å²) in [5.41, 5.74) is 0.413. The molecule has 8 nitrogen and oxygen atoms in total. The maximum atomic E-state index is 13.5. The first kappa shape index (κ1) is 18.3. The standard InChI is InChI=1S/C21H25N5O3/c27-19(15-8-10-16(11-9-15)26(28)29)24-18-7-3-2-6-17(18)21(12-4-1-5-13-21)25-20(24)22-14-23-25/h8-11,14,17-18H,1-7,12-13H2. The summed E-state index contributed by atoms with van der Waals surface area (Å²) in [5, 5.41) is 15.6. The number of carbonyl (C=O) groups is 1. The van der Waals surface area contributed by atoms with E-state index in [1.54, 1.807) is 18.5 Å². The maximum Gasteiger partial charge on any atom is 0.269 e. The van der Waals surface area contributed by atoms with Gasteiger partial charge in [-0.25, -0.2) is 4.68 Å². The average molecular weight is 395 g/mol. The highest BCUT2D eigenvalue weighted by Gasteiger charge is 2.54. The first-order valence-electron chi connectivity index (χ1n) is 10.6. The molecule has 2 fully saturated rings. The van der Waals surface area contributed by atoms with Gasteiger partial charge in [0.05, 0.1) is 10.5 Å². The average Bonchev–Trinajstić information content (AvgIpc) is 3.25. The Bertz CT molecular complexity index is 932. The molecule has 1 aliphatic heterocycles. The Labute approximate surface area is 169 Å². The van der Waals surface area contributed by atoms with E-state index in [-0.39, 0.29) is 23.2 Å². The molecule has 0 N–H and O–H groups in total. The largest absolute Gasteiger partial charge is 0.273 e. The van der Waals surface area contributed by atoms with Crippen LogP contribution in [0.25, 0.3) is 0 Å². The Morgan fingerprint density at radius 2 is 1.79 bits per heavy atom. The van der Waals surface area contributed by atoms with Gasteiger partial charge in [0.25, 0.3) is 11.6 Å². The van der Waals surface area contributed by atoms with Crippen LogP contribution in [-0.2, 0) is 5.54 Å². The number of carbonyl (C=O) groups excluding carboxylic acids is 1. The second-order valence-corrected chi connectivity index (χ2v) is 8.57. The van der Waals surface area contributed by atoms with Crippen molar-refractivity contribution in [2.24, 2.45) is 5.92 Å². The van der Waals surface area contributed by atoms with Crippen LogP contribution < -0.4 is 4.90 Å². The molecule has 29 heavy (non-hydrogen) atoms. The topological polar surface area (TPSA) is 94.2 Å². The summed E-state index contributed by atoms with van der Waals surface area (Å²) in [7, 11) is 0. The molecule has 2 unspecified atom stereocenters. The van der Waals surface area contributed by atoms with E-state index in [0.29, 0.717) is 17.4 Å². The fraction of sp³-hybridized carbons (Fsp3) is 0.571. The number of benzene rings is 1. The number of rotatable bonds is 2. The van der Waals surface area contributed by atoms with E-state index in [4.69, 9.17) is 0 Å². The van der Waals surface area contributed by atoms with Crippen LogP contribution in [0.2, 0.25) is 0 Å². The SMILES string of the molecule is O=C(c1ccc([N+](=O)[O-])cc1)N1c2ncnn2C2(CCCCC2)C2CCCCC21. The van der Waals surface area contributed by atoms with Crippen LogP contribution in [-0.4, -0.2) is 31.6 Å². The normalized spacial score (nSPS) is 25.3. The summed E-state index contributed by atoms with van der Waals surface area (Å²) in [4.78, 5) is 30.4. The monoisotopic (exact) mass is 395 g/mol. The molecule has 1 aromatic carbocycles. The van der Waals surface area contributed by atoms with Gasteiger partial charge in [-0.05, 0) is 37.8 Å². The van der Waals surface area contributed by atoms with Crippen LogP contribution in [0.5, 0.6) is 0 Å². The Balaban J connectivity index is 1.58. The smallest absolute Gasteiger partial charge is 0.269 e. The van der Waals surface area contributed by atoms with Gasteiger partial charge in [0.15, 0.2) is 0 Å². The van der Waals surface area contributed by atoms with Crippen molar-refractivity contribution in [2.75, 3.05) is 4.90 Å². The summed E-state index contributed by atoms with van der Waals surface area (Å²) in [6.45, 7) is 0. The number of nitro groups is 1. The van der Waals surface area contributed by atoms with Crippen LogP contribution in [0, 0.1) is 16.0 Å². The number of fused-ring (bicyclic) bond motifs is 4. The van der Waals surface area contributed by atoms with Gasteiger partial charge >= 0.3 is 0 Å². The van der Waals surface area contributed by atoms with Crippen LogP contribution in [0.3, 0.4) is 0 Å². The van der Waals surface area contributed by atoms with Crippen molar-refractivity contribution in [3.05, 3.63) is 46.3 Å². The number of hydrogen-bond acceptors (Lipinski definition) is 5. The molecule has 2 heterocycles. The Morgan fingerprint density at radius 3 is 2.52 bits per heavy atom. The second kappa shape index (κ2) is 6.93. The number of nitro benzene ring substituents is 1. The van der Waals surface area contributed by atoms with Gasteiger partial charge in [-0.3, -0.25) is 19.8 Å². The highest BCUT2D eigenvalue weighted by Crippen LogP contribution is 2.52. The van der Waals surface area contributed by atoms with Crippen molar-refractivity contribution >= 4 is 17.5 Å². The zero-order valence-electron chi connectivity index (χ0n) is 16.4. The molecule has 3 aliphatic rings. The highest BCUT2D eigenvalue weighted by atomic mass is 16.6. The summed E-state index contributed by atoms with van der Waals surface area (Å²) in [6.07, 6.45) is 11.8. The minimum absolute atomic E-state index is 0.0138. The lowest BCUT2D eigenvalue weighted by Gasteiger charge is -2.55. The number of amides is 1. The number of non-ortho nitro benzene ring substituents is 1. The van der Waals surface area contributed by atoms with Crippen molar-refractivity contribution in [2.45, 2.75) is 69.4 Å². The minimum atomic E-state index is -0.449. The third-order valence-corrected chi connectivity index (χ3v) is 7.18. The van der Waals surface area contributed by atoms with Gasteiger partial charge in [0.1, 0.15) is 6.33 Å². The van der Waals surface area contributed by atoms with Crippen molar-refractivity contribution in [3.63, 3.8) is 0 Å². The summed E-state index contributed by atoms with van der Waals surface area (Å²) in [5.74, 6) is 0.878. The highest BCUT2D eigenvalue weighted by molar-refractivity contribution is 6.06. The van der Waals surface area contributed by atoms with Gasteiger partial charge in [0.2, 0.25) is 5.95 Å². The Kier molecular flexibility index (Phi) is 4.37. The maximum absolute atomic E-state index is 13.5. The molecule has 2 atom stereocenters. The lowest BCUT2D eigenvalue weighted by Crippen LogP contribution is -2.61. The predicted molar refractivity (Wildman–Crippen MR) is 107 cm³/mol. The van der Waals surface area contributed by atoms with Crippen LogP contribution in [0.15, 0.2) is 30.6 Å². The fourth-order valence-corrected chi connectivity index (χ4v) is 5.92. The number of nitrogens with zero attached hydrogens (tertiary/aromatic N) is 5. The van der Waals surface area contributed by atoms with E-state index in [1.807, 2.05) is 9.58 Å². The van der Waals surface area contributed by atoms with E-state index in [9.17, 15) is 14.9 Å². The molecule has 1 aromatic heterocycles. The number of aromatic nitrogens is 3. The molecule has 0 saturated heterocycles. The van der Waals surface area contributed by atoms with Crippen LogP contribution in [0.1, 0.15) is 68.1 Å². The van der Waals surface area contributed by atoms with E-state index < -0.39 is 4.92 Å². The first-order chi connectivity index (χ1) is 14.1. The molecule has 1 spiro atoms. The molecule has 5 rings (SSSR count). The van der Waals surface area contributed by atoms with Gasteiger partial charge in [-0.2, -0.15) is 10.1 Å². The molecule has 2 saturated carbocycles. The lowest BCUT2D eigenvalue weighted by molar-refractivity contribution is -0.384. The number of anilines is 1. The molecule has 152 valence electrons.